The highest BCUT2D eigenvalue weighted by atomic mass is 35.5. The minimum Gasteiger partial charge on any atom is -0.470 e. The average molecular weight is 365 g/mol. The molecule has 1 heterocycles. The van der Waals surface area contributed by atoms with E-state index < -0.39 is 6.23 Å². The molecule has 0 saturated carbocycles. The van der Waals surface area contributed by atoms with Gasteiger partial charge in [0.25, 0.3) is 0 Å². The SMILES string of the molecule is N[C@H](Oc1ccc(SNc2ncns2)cc1Cl)c1ccccc1. The van der Waals surface area contributed by atoms with Gasteiger partial charge in [-0.15, -0.1) is 0 Å². The van der Waals surface area contributed by atoms with Crippen molar-refractivity contribution < 1.29 is 4.74 Å². The highest BCUT2D eigenvalue weighted by molar-refractivity contribution is 8.00. The second-order valence-corrected chi connectivity index (χ2v) is 6.56. The van der Waals surface area contributed by atoms with Crippen LogP contribution in [0.3, 0.4) is 0 Å². The number of nitrogens with zero attached hydrogens (tertiary/aromatic N) is 2. The van der Waals surface area contributed by atoms with Crippen molar-refractivity contribution >= 4 is 40.2 Å². The lowest BCUT2D eigenvalue weighted by molar-refractivity contribution is 0.214. The van der Waals surface area contributed by atoms with Crippen molar-refractivity contribution in [1.29, 1.82) is 0 Å². The van der Waals surface area contributed by atoms with E-state index in [-0.39, 0.29) is 0 Å². The number of anilines is 1. The van der Waals surface area contributed by atoms with Crippen LogP contribution in [0, 0.1) is 0 Å². The van der Waals surface area contributed by atoms with Crippen molar-refractivity contribution in [2.45, 2.75) is 11.1 Å². The van der Waals surface area contributed by atoms with Gasteiger partial charge in [-0.25, -0.2) is 4.98 Å². The minimum absolute atomic E-state index is 0.500. The molecule has 1 atom stereocenters. The third-order valence-corrected chi connectivity index (χ3v) is 4.69. The number of benzene rings is 2. The molecule has 1 aromatic heterocycles. The monoisotopic (exact) mass is 364 g/mol. The highest BCUT2D eigenvalue weighted by Crippen LogP contribution is 2.32. The first-order valence-corrected chi connectivity index (χ1v) is 8.65. The van der Waals surface area contributed by atoms with E-state index in [1.165, 1.54) is 29.8 Å². The standard InChI is InChI=1S/C15H13ClN4OS2/c16-12-8-11(22-20-15-18-9-19-23-15)6-7-13(12)21-14(17)10-4-2-1-3-5-10/h1-9,14H,17H2,(H,18,19,20)/t14-/m1/s1. The average Bonchev–Trinajstić information content (AvgIpc) is 3.09. The first-order valence-electron chi connectivity index (χ1n) is 6.68. The van der Waals surface area contributed by atoms with E-state index in [1.54, 1.807) is 6.07 Å². The molecular weight excluding hydrogens is 352 g/mol. The molecule has 3 N–H and O–H groups in total. The number of nitrogens with two attached hydrogens (primary N) is 1. The van der Waals surface area contributed by atoms with Crippen molar-refractivity contribution in [2.75, 3.05) is 4.72 Å². The van der Waals surface area contributed by atoms with E-state index in [1.807, 2.05) is 42.5 Å². The van der Waals surface area contributed by atoms with Crippen molar-refractivity contribution in [3.05, 3.63) is 65.4 Å². The second kappa shape index (κ2) is 7.65. The number of aromatic nitrogens is 2. The third kappa shape index (κ3) is 4.35. The molecule has 0 aliphatic rings. The summed E-state index contributed by atoms with van der Waals surface area (Å²) in [5.41, 5.74) is 6.93. The molecule has 118 valence electrons. The minimum atomic E-state index is -0.563. The topological polar surface area (TPSA) is 73.1 Å². The van der Waals surface area contributed by atoms with Crippen LogP contribution in [0.4, 0.5) is 5.13 Å². The van der Waals surface area contributed by atoms with Gasteiger partial charge in [-0.3, -0.25) is 5.73 Å². The summed E-state index contributed by atoms with van der Waals surface area (Å²) in [5, 5.41) is 1.23. The Bertz CT molecular complexity index is 755. The molecule has 3 aromatic rings. The molecule has 2 aromatic carbocycles. The summed E-state index contributed by atoms with van der Waals surface area (Å²) in [6.07, 6.45) is 0.939. The summed E-state index contributed by atoms with van der Waals surface area (Å²) >= 11 is 8.97. The maximum atomic E-state index is 6.27. The van der Waals surface area contributed by atoms with E-state index in [4.69, 9.17) is 22.1 Å². The molecule has 0 fully saturated rings. The Kier molecular flexibility index (Phi) is 5.35. The van der Waals surface area contributed by atoms with Crippen LogP contribution >= 0.6 is 35.1 Å². The van der Waals surface area contributed by atoms with Gasteiger partial charge in [0.2, 0.25) is 5.13 Å². The van der Waals surface area contributed by atoms with E-state index in [9.17, 15) is 0 Å². The van der Waals surface area contributed by atoms with E-state index in [0.717, 1.165) is 15.6 Å². The molecular formula is C15H13ClN4OS2. The summed E-state index contributed by atoms with van der Waals surface area (Å²) in [7, 11) is 0. The van der Waals surface area contributed by atoms with Crippen molar-refractivity contribution in [1.82, 2.24) is 9.36 Å². The van der Waals surface area contributed by atoms with Crippen molar-refractivity contribution in [3.8, 4) is 5.75 Å². The van der Waals surface area contributed by atoms with Crippen LogP contribution in [0.2, 0.25) is 5.02 Å². The van der Waals surface area contributed by atoms with Gasteiger partial charge in [-0.2, -0.15) is 4.37 Å². The molecule has 0 spiro atoms. The molecule has 0 saturated heterocycles. The molecule has 3 rings (SSSR count). The fourth-order valence-electron chi connectivity index (χ4n) is 1.81. The molecule has 0 amide bonds. The number of nitrogens with one attached hydrogen (secondary N) is 1. The van der Waals surface area contributed by atoms with Gasteiger partial charge >= 0.3 is 0 Å². The number of rotatable bonds is 6. The molecule has 0 aliphatic carbocycles. The predicted molar refractivity (Wildman–Crippen MR) is 94.8 cm³/mol. The lowest BCUT2D eigenvalue weighted by Crippen LogP contribution is -2.17. The lowest BCUT2D eigenvalue weighted by Gasteiger charge is -2.16. The molecule has 5 nitrogen and oxygen atoms in total. The summed E-state index contributed by atoms with van der Waals surface area (Å²) in [5.74, 6) is 0.545. The number of halogens is 1. The fraction of sp³-hybridized carbons (Fsp3) is 0.0667. The lowest BCUT2D eigenvalue weighted by atomic mass is 10.2. The largest absolute Gasteiger partial charge is 0.470 e. The third-order valence-electron chi connectivity index (χ3n) is 2.90. The predicted octanol–water partition coefficient (Wildman–Crippen LogP) is 4.35. The Morgan fingerprint density at radius 2 is 2.04 bits per heavy atom. The second-order valence-electron chi connectivity index (χ2n) is 4.49. The zero-order chi connectivity index (χ0) is 16.1. The van der Waals surface area contributed by atoms with Crippen LogP contribution in [0.5, 0.6) is 5.75 Å². The smallest absolute Gasteiger partial charge is 0.212 e. The summed E-state index contributed by atoms with van der Waals surface area (Å²) in [6, 6.07) is 15.1. The Labute approximate surface area is 147 Å². The van der Waals surface area contributed by atoms with Crippen LogP contribution in [-0.2, 0) is 0 Å². The number of ether oxygens (including phenoxy) is 1. The first-order chi connectivity index (χ1) is 11.2. The first kappa shape index (κ1) is 16.1. The maximum Gasteiger partial charge on any atom is 0.212 e. The van der Waals surface area contributed by atoms with E-state index in [0.29, 0.717) is 10.8 Å². The Balaban J connectivity index is 1.65. The normalized spacial score (nSPS) is 11.9. The van der Waals surface area contributed by atoms with Crippen LogP contribution in [0.1, 0.15) is 11.8 Å². The summed E-state index contributed by atoms with van der Waals surface area (Å²) in [4.78, 5) is 4.98. The van der Waals surface area contributed by atoms with Gasteiger partial charge in [-0.1, -0.05) is 41.9 Å². The van der Waals surface area contributed by atoms with Crippen LogP contribution in [0.25, 0.3) is 0 Å². The van der Waals surface area contributed by atoms with Gasteiger partial charge in [0.1, 0.15) is 12.1 Å². The summed E-state index contributed by atoms with van der Waals surface area (Å²) in [6.45, 7) is 0. The molecule has 8 heteroatoms. The molecule has 0 bridgehead atoms. The Morgan fingerprint density at radius 3 is 2.74 bits per heavy atom. The van der Waals surface area contributed by atoms with E-state index >= 15 is 0 Å². The molecule has 23 heavy (non-hydrogen) atoms. The zero-order valence-corrected chi connectivity index (χ0v) is 14.2. The van der Waals surface area contributed by atoms with Crippen LogP contribution < -0.4 is 15.2 Å². The van der Waals surface area contributed by atoms with Gasteiger partial charge in [0, 0.05) is 22.0 Å². The Hall–Kier alpha value is -1.80. The quantitative estimate of drug-likeness (QED) is 0.500. The van der Waals surface area contributed by atoms with Gasteiger partial charge in [0.05, 0.1) is 5.02 Å². The van der Waals surface area contributed by atoms with Crippen LogP contribution in [-0.4, -0.2) is 9.36 Å². The van der Waals surface area contributed by atoms with Gasteiger partial charge in [0.15, 0.2) is 6.23 Å². The molecule has 0 aliphatic heterocycles. The fourth-order valence-corrected chi connectivity index (χ4v) is 3.23. The van der Waals surface area contributed by atoms with Gasteiger partial charge < -0.3 is 9.46 Å². The number of hydrogen-bond acceptors (Lipinski definition) is 7. The summed E-state index contributed by atoms with van der Waals surface area (Å²) < 4.78 is 12.7. The molecule has 0 radical (unpaired) electrons. The van der Waals surface area contributed by atoms with Crippen molar-refractivity contribution in [2.24, 2.45) is 5.73 Å². The van der Waals surface area contributed by atoms with Crippen molar-refractivity contribution in [3.63, 3.8) is 0 Å². The van der Waals surface area contributed by atoms with Gasteiger partial charge in [-0.05, 0) is 30.1 Å². The van der Waals surface area contributed by atoms with E-state index in [2.05, 4.69) is 14.1 Å². The number of hydrogen-bond donors (Lipinski definition) is 2. The molecule has 0 unspecified atom stereocenters. The van der Waals surface area contributed by atoms with Crippen LogP contribution in [0.15, 0.2) is 59.8 Å². The highest BCUT2D eigenvalue weighted by Gasteiger charge is 2.11. The maximum absolute atomic E-state index is 6.27. The Morgan fingerprint density at radius 1 is 1.22 bits per heavy atom. The zero-order valence-electron chi connectivity index (χ0n) is 11.8.